The molecule has 23 heavy (non-hydrogen) atoms. The number of rotatable bonds is 9. The summed E-state index contributed by atoms with van der Waals surface area (Å²) in [5, 5.41) is 3.08. The van der Waals surface area contributed by atoms with Gasteiger partial charge in [0, 0.05) is 24.7 Å². The van der Waals surface area contributed by atoms with E-state index in [4.69, 9.17) is 5.73 Å². The van der Waals surface area contributed by atoms with E-state index >= 15 is 0 Å². The van der Waals surface area contributed by atoms with Crippen molar-refractivity contribution in [1.29, 1.82) is 0 Å². The third-order valence-corrected chi connectivity index (χ3v) is 4.02. The van der Waals surface area contributed by atoms with Gasteiger partial charge in [-0.1, -0.05) is 39.8 Å². The zero-order valence-corrected chi connectivity index (χ0v) is 15.7. The number of carbonyl (C=O) groups excluding carboxylic acids is 1. The van der Waals surface area contributed by atoms with Crippen molar-refractivity contribution in [1.82, 2.24) is 10.2 Å². The number of nitrogens with zero attached hydrogens (tertiary/aromatic N) is 1. The first-order valence-corrected chi connectivity index (χ1v) is 8.33. The SMILES string of the molecule is CCN(CC)C(CNC(=O)c1ccc(CN)cc1)CC(C)C.Cl. The lowest BCUT2D eigenvalue weighted by atomic mass is 10.0. The third-order valence-electron chi connectivity index (χ3n) is 4.02. The Kier molecular flexibility index (Phi) is 10.9. The molecular weight excluding hydrogens is 310 g/mol. The third kappa shape index (κ3) is 7.34. The highest BCUT2D eigenvalue weighted by Gasteiger charge is 2.18. The van der Waals surface area contributed by atoms with Crippen LogP contribution in [0.4, 0.5) is 0 Å². The highest BCUT2D eigenvalue weighted by molar-refractivity contribution is 5.94. The molecule has 132 valence electrons. The van der Waals surface area contributed by atoms with Gasteiger partial charge in [-0.3, -0.25) is 9.69 Å². The second-order valence-electron chi connectivity index (χ2n) is 6.12. The van der Waals surface area contributed by atoms with Crippen molar-refractivity contribution in [2.24, 2.45) is 11.7 Å². The van der Waals surface area contributed by atoms with Gasteiger partial charge in [0.25, 0.3) is 5.91 Å². The highest BCUT2D eigenvalue weighted by atomic mass is 35.5. The van der Waals surface area contributed by atoms with Gasteiger partial charge in [-0.25, -0.2) is 0 Å². The number of carbonyl (C=O) groups is 1. The minimum atomic E-state index is -0.00974. The Morgan fingerprint density at radius 2 is 1.74 bits per heavy atom. The zero-order chi connectivity index (χ0) is 16.5. The Labute approximate surface area is 147 Å². The van der Waals surface area contributed by atoms with Crippen molar-refractivity contribution in [3.8, 4) is 0 Å². The molecule has 0 heterocycles. The number of nitrogens with one attached hydrogen (secondary N) is 1. The first-order valence-electron chi connectivity index (χ1n) is 8.33. The van der Waals surface area contributed by atoms with Crippen molar-refractivity contribution in [2.45, 2.75) is 46.7 Å². The van der Waals surface area contributed by atoms with E-state index in [1.54, 1.807) is 0 Å². The molecular formula is C18H32ClN3O. The van der Waals surface area contributed by atoms with Crippen LogP contribution >= 0.6 is 12.4 Å². The average Bonchev–Trinajstić information content (AvgIpc) is 2.52. The lowest BCUT2D eigenvalue weighted by Crippen LogP contribution is -2.44. The summed E-state index contributed by atoms with van der Waals surface area (Å²) in [6.45, 7) is 12.0. The Morgan fingerprint density at radius 3 is 2.17 bits per heavy atom. The van der Waals surface area contributed by atoms with Crippen LogP contribution in [0.25, 0.3) is 0 Å². The van der Waals surface area contributed by atoms with Crippen LogP contribution < -0.4 is 11.1 Å². The smallest absolute Gasteiger partial charge is 0.251 e. The van der Waals surface area contributed by atoms with E-state index < -0.39 is 0 Å². The van der Waals surface area contributed by atoms with E-state index in [-0.39, 0.29) is 18.3 Å². The summed E-state index contributed by atoms with van der Waals surface area (Å²) >= 11 is 0. The summed E-state index contributed by atoms with van der Waals surface area (Å²) in [5.41, 5.74) is 7.31. The van der Waals surface area contributed by atoms with Crippen molar-refractivity contribution in [2.75, 3.05) is 19.6 Å². The zero-order valence-electron chi connectivity index (χ0n) is 14.8. The lowest BCUT2D eigenvalue weighted by molar-refractivity contribution is 0.0929. The van der Waals surface area contributed by atoms with Crippen LogP contribution in [0.2, 0.25) is 0 Å². The maximum absolute atomic E-state index is 12.3. The number of benzene rings is 1. The van der Waals surface area contributed by atoms with Crippen molar-refractivity contribution in [3.05, 3.63) is 35.4 Å². The number of hydrogen-bond donors (Lipinski definition) is 2. The molecule has 0 aliphatic rings. The van der Waals surface area contributed by atoms with Gasteiger partial charge >= 0.3 is 0 Å². The summed E-state index contributed by atoms with van der Waals surface area (Å²) in [4.78, 5) is 14.7. The summed E-state index contributed by atoms with van der Waals surface area (Å²) in [7, 11) is 0. The van der Waals surface area contributed by atoms with Crippen LogP contribution in [0, 0.1) is 5.92 Å². The molecule has 1 atom stereocenters. The van der Waals surface area contributed by atoms with E-state index in [1.807, 2.05) is 24.3 Å². The van der Waals surface area contributed by atoms with Gasteiger partial charge in [0.1, 0.15) is 0 Å². The molecule has 0 saturated carbocycles. The van der Waals surface area contributed by atoms with E-state index in [0.29, 0.717) is 30.6 Å². The van der Waals surface area contributed by atoms with Gasteiger partial charge in [0.15, 0.2) is 0 Å². The van der Waals surface area contributed by atoms with Crippen LogP contribution in [0.3, 0.4) is 0 Å². The second-order valence-corrected chi connectivity index (χ2v) is 6.12. The molecule has 1 amide bonds. The largest absolute Gasteiger partial charge is 0.350 e. The number of amides is 1. The number of nitrogens with two attached hydrogens (primary N) is 1. The molecule has 4 nitrogen and oxygen atoms in total. The maximum Gasteiger partial charge on any atom is 0.251 e. The molecule has 1 rings (SSSR count). The molecule has 1 unspecified atom stereocenters. The molecule has 0 aliphatic heterocycles. The van der Waals surface area contributed by atoms with Crippen LogP contribution in [0.15, 0.2) is 24.3 Å². The van der Waals surface area contributed by atoms with Gasteiger partial charge < -0.3 is 11.1 Å². The topological polar surface area (TPSA) is 58.4 Å². The van der Waals surface area contributed by atoms with Crippen molar-refractivity contribution >= 4 is 18.3 Å². The van der Waals surface area contributed by atoms with Crippen LogP contribution in [0.1, 0.15) is 50.0 Å². The summed E-state index contributed by atoms with van der Waals surface area (Å²) < 4.78 is 0. The molecule has 0 aliphatic carbocycles. The van der Waals surface area contributed by atoms with E-state index in [1.165, 1.54) is 0 Å². The van der Waals surface area contributed by atoms with Crippen molar-refractivity contribution < 1.29 is 4.79 Å². The lowest BCUT2D eigenvalue weighted by Gasteiger charge is -2.31. The van der Waals surface area contributed by atoms with E-state index in [0.717, 1.165) is 25.1 Å². The minimum absolute atomic E-state index is 0. The Balaban J connectivity index is 0.00000484. The number of hydrogen-bond acceptors (Lipinski definition) is 3. The van der Waals surface area contributed by atoms with Gasteiger partial charge in [-0.05, 0) is 43.1 Å². The molecule has 0 saturated heterocycles. The monoisotopic (exact) mass is 341 g/mol. The molecule has 0 aromatic heterocycles. The van der Waals surface area contributed by atoms with E-state index in [2.05, 4.69) is 37.9 Å². The van der Waals surface area contributed by atoms with Gasteiger partial charge in [-0.2, -0.15) is 0 Å². The molecule has 1 aromatic rings. The Bertz CT molecular complexity index is 444. The van der Waals surface area contributed by atoms with Gasteiger partial charge in [0.2, 0.25) is 0 Å². The molecule has 0 radical (unpaired) electrons. The fraction of sp³-hybridized carbons (Fsp3) is 0.611. The van der Waals surface area contributed by atoms with Crippen LogP contribution in [-0.4, -0.2) is 36.5 Å². The van der Waals surface area contributed by atoms with Gasteiger partial charge in [0.05, 0.1) is 0 Å². The Morgan fingerprint density at radius 1 is 1.17 bits per heavy atom. The highest BCUT2D eigenvalue weighted by Crippen LogP contribution is 2.11. The predicted octanol–water partition coefficient (Wildman–Crippen LogP) is 3.05. The van der Waals surface area contributed by atoms with Gasteiger partial charge in [-0.15, -0.1) is 12.4 Å². The summed E-state index contributed by atoms with van der Waals surface area (Å²) in [6.07, 6.45) is 1.09. The quantitative estimate of drug-likeness (QED) is 0.725. The summed E-state index contributed by atoms with van der Waals surface area (Å²) in [6, 6.07) is 7.89. The van der Waals surface area contributed by atoms with Crippen LogP contribution in [0.5, 0.6) is 0 Å². The van der Waals surface area contributed by atoms with Crippen LogP contribution in [-0.2, 0) is 6.54 Å². The molecule has 0 fully saturated rings. The molecule has 0 spiro atoms. The average molecular weight is 342 g/mol. The number of likely N-dealkylation sites (N-methyl/N-ethyl adjacent to an activating group) is 1. The maximum atomic E-state index is 12.3. The Hall–Kier alpha value is -1.10. The van der Waals surface area contributed by atoms with Crippen molar-refractivity contribution in [3.63, 3.8) is 0 Å². The second kappa shape index (κ2) is 11.4. The summed E-state index contributed by atoms with van der Waals surface area (Å²) in [5.74, 6) is 0.607. The molecule has 3 N–H and O–H groups in total. The minimum Gasteiger partial charge on any atom is -0.350 e. The predicted molar refractivity (Wildman–Crippen MR) is 100 cm³/mol. The standard InChI is InChI=1S/C18H31N3O.ClH/c1-5-21(6-2)17(11-14(3)4)13-20-18(22)16-9-7-15(12-19)8-10-16;/h7-10,14,17H,5-6,11-13,19H2,1-4H3,(H,20,22);1H. The van der Waals surface area contributed by atoms with E-state index in [9.17, 15) is 4.79 Å². The normalized spacial score (nSPS) is 12.1. The molecule has 1 aromatic carbocycles. The molecule has 0 bridgehead atoms. The number of halogens is 1. The molecule has 5 heteroatoms. The fourth-order valence-electron chi connectivity index (χ4n) is 2.75. The fourth-order valence-corrected chi connectivity index (χ4v) is 2.75. The first kappa shape index (κ1) is 21.9. The first-order chi connectivity index (χ1) is 10.5.